The summed E-state index contributed by atoms with van der Waals surface area (Å²) < 4.78 is 0. The first-order valence-electron chi connectivity index (χ1n) is 3.99. The van der Waals surface area contributed by atoms with E-state index in [0.717, 1.165) is 0 Å². The highest BCUT2D eigenvalue weighted by Crippen LogP contribution is 2.44. The standard InChI is InChI=1S/C12H6/c1-2-6-10-9(5-1)11-7-3-4-8-12(10)11/h1-3,5-7H. The third kappa shape index (κ3) is 0.545. The highest BCUT2D eigenvalue weighted by atomic mass is 14.2. The third-order valence-corrected chi connectivity index (χ3v) is 2.29. The maximum Gasteiger partial charge on any atom is 0.0406 e. The van der Waals surface area contributed by atoms with E-state index in [4.69, 9.17) is 0 Å². The molecule has 0 saturated carbocycles. The van der Waals surface area contributed by atoms with Gasteiger partial charge in [-0.15, -0.1) is 0 Å². The van der Waals surface area contributed by atoms with E-state index in [9.17, 15) is 0 Å². The Morgan fingerprint density at radius 3 is 2.58 bits per heavy atom. The lowest BCUT2D eigenvalue weighted by atomic mass is 9.82. The molecule has 0 heterocycles. The lowest BCUT2D eigenvalue weighted by molar-refractivity contribution is 1.53. The van der Waals surface area contributed by atoms with Gasteiger partial charge in [-0.2, -0.15) is 0 Å². The van der Waals surface area contributed by atoms with Crippen molar-refractivity contribution in [1.82, 2.24) is 0 Å². The van der Waals surface area contributed by atoms with E-state index < -0.39 is 0 Å². The van der Waals surface area contributed by atoms with Crippen molar-refractivity contribution in [1.29, 1.82) is 0 Å². The molecule has 0 amide bonds. The van der Waals surface area contributed by atoms with Crippen LogP contribution >= 0.6 is 0 Å². The van der Waals surface area contributed by atoms with Crippen LogP contribution in [-0.4, -0.2) is 0 Å². The molecule has 0 N–H and O–H groups in total. The van der Waals surface area contributed by atoms with E-state index in [1.807, 2.05) is 6.07 Å². The summed E-state index contributed by atoms with van der Waals surface area (Å²) >= 11 is 0. The van der Waals surface area contributed by atoms with Crippen LogP contribution in [0.25, 0.3) is 22.3 Å². The highest BCUT2D eigenvalue weighted by Gasteiger charge is 2.19. The molecule has 0 radical (unpaired) electrons. The molecule has 0 heteroatoms. The molecule has 0 spiro atoms. The molecule has 54 valence electrons. The first-order chi connectivity index (χ1) is 5.97. The van der Waals surface area contributed by atoms with E-state index >= 15 is 0 Å². The van der Waals surface area contributed by atoms with E-state index in [2.05, 4.69) is 42.5 Å². The van der Waals surface area contributed by atoms with Crippen LogP contribution in [0.4, 0.5) is 0 Å². The van der Waals surface area contributed by atoms with Gasteiger partial charge in [-0.3, -0.25) is 0 Å². The van der Waals surface area contributed by atoms with Gasteiger partial charge in [0.1, 0.15) is 0 Å². The second-order valence-corrected chi connectivity index (χ2v) is 2.94. The molecule has 0 bridgehead atoms. The summed E-state index contributed by atoms with van der Waals surface area (Å²) in [5.41, 5.74) is 5.18. The monoisotopic (exact) mass is 150 g/mol. The molecule has 0 atom stereocenters. The Bertz CT molecular complexity index is 341. The zero-order valence-corrected chi connectivity index (χ0v) is 6.46. The van der Waals surface area contributed by atoms with Crippen molar-refractivity contribution >= 4 is 0 Å². The predicted octanol–water partition coefficient (Wildman–Crippen LogP) is 2.93. The third-order valence-electron chi connectivity index (χ3n) is 2.29. The van der Waals surface area contributed by atoms with Crippen LogP contribution in [0.5, 0.6) is 0 Å². The molecule has 2 aromatic rings. The van der Waals surface area contributed by atoms with Crippen molar-refractivity contribution in [3.63, 3.8) is 0 Å². The molecule has 12 heavy (non-hydrogen) atoms. The van der Waals surface area contributed by atoms with Crippen molar-refractivity contribution in [3.8, 4) is 22.3 Å². The molecule has 0 nitrogen and oxygen atoms in total. The first kappa shape index (κ1) is 5.85. The average Bonchev–Trinajstić information content (AvgIpc) is 2.14. The zero-order valence-electron chi connectivity index (χ0n) is 6.46. The Balaban J connectivity index is 2.34. The molecule has 0 aliphatic heterocycles. The molecule has 3 rings (SSSR count). The fraction of sp³-hybridized carbons (Fsp3) is 0. The van der Waals surface area contributed by atoms with E-state index in [1.165, 1.54) is 22.3 Å². The number of benzene rings is 1. The lowest BCUT2D eigenvalue weighted by Crippen LogP contribution is -1.95. The van der Waals surface area contributed by atoms with Crippen LogP contribution in [0.15, 0.2) is 36.4 Å². The highest BCUT2D eigenvalue weighted by molar-refractivity contribution is 6.01. The van der Waals surface area contributed by atoms with Gasteiger partial charge in [0.15, 0.2) is 0 Å². The summed E-state index contributed by atoms with van der Waals surface area (Å²) in [6.45, 7) is 0. The van der Waals surface area contributed by atoms with E-state index in [1.54, 1.807) is 0 Å². The van der Waals surface area contributed by atoms with Crippen LogP contribution in [0.1, 0.15) is 0 Å². The minimum atomic E-state index is 1.22. The summed E-state index contributed by atoms with van der Waals surface area (Å²) in [4.78, 5) is 0. The molecule has 1 aliphatic rings. The van der Waals surface area contributed by atoms with Crippen molar-refractivity contribution in [2.24, 2.45) is 0 Å². The fourth-order valence-electron chi connectivity index (χ4n) is 1.70. The summed E-state index contributed by atoms with van der Waals surface area (Å²) in [6, 6.07) is 18.5. The van der Waals surface area contributed by atoms with Gasteiger partial charge in [-0.25, -0.2) is 0 Å². The average molecular weight is 150 g/mol. The van der Waals surface area contributed by atoms with Crippen LogP contribution in [0.2, 0.25) is 0 Å². The number of fused-ring (bicyclic) bond motifs is 4. The Morgan fingerprint density at radius 1 is 0.833 bits per heavy atom. The molecule has 0 unspecified atom stereocenters. The maximum absolute atomic E-state index is 3.12. The zero-order chi connectivity index (χ0) is 7.97. The minimum absolute atomic E-state index is 1.22. The van der Waals surface area contributed by atoms with Gasteiger partial charge in [-0.1, -0.05) is 36.4 Å². The van der Waals surface area contributed by atoms with Crippen molar-refractivity contribution in [3.05, 3.63) is 48.5 Å². The second kappa shape index (κ2) is 1.89. The summed E-state index contributed by atoms with van der Waals surface area (Å²) in [7, 11) is 0. The molecular weight excluding hydrogens is 144 g/mol. The van der Waals surface area contributed by atoms with Crippen LogP contribution < -0.4 is 0 Å². The fourth-order valence-corrected chi connectivity index (χ4v) is 1.70. The molecule has 2 aromatic carbocycles. The molecule has 0 aromatic heterocycles. The molecular formula is C12H6. The van der Waals surface area contributed by atoms with Gasteiger partial charge >= 0.3 is 0 Å². The molecule has 0 fully saturated rings. The Morgan fingerprint density at radius 2 is 1.67 bits per heavy atom. The number of rotatable bonds is 0. The van der Waals surface area contributed by atoms with E-state index in [0.29, 0.717) is 0 Å². The number of hydrogen-bond donors (Lipinski definition) is 0. The summed E-state index contributed by atoms with van der Waals surface area (Å²) in [6.07, 6.45) is 0. The van der Waals surface area contributed by atoms with Crippen molar-refractivity contribution in [2.75, 3.05) is 0 Å². The summed E-state index contributed by atoms with van der Waals surface area (Å²) in [5.74, 6) is 0. The topological polar surface area (TPSA) is 0 Å². The van der Waals surface area contributed by atoms with Crippen LogP contribution in [0.3, 0.4) is 0 Å². The predicted molar refractivity (Wildman–Crippen MR) is 48.5 cm³/mol. The van der Waals surface area contributed by atoms with Gasteiger partial charge in [0.05, 0.1) is 0 Å². The molecule has 0 saturated heterocycles. The second-order valence-electron chi connectivity index (χ2n) is 2.94. The van der Waals surface area contributed by atoms with Crippen molar-refractivity contribution in [2.45, 2.75) is 0 Å². The maximum atomic E-state index is 3.12. The van der Waals surface area contributed by atoms with Gasteiger partial charge < -0.3 is 0 Å². The first-order valence-corrected chi connectivity index (χ1v) is 3.99. The summed E-state index contributed by atoms with van der Waals surface area (Å²) in [5, 5.41) is 0. The minimum Gasteiger partial charge on any atom is -0.0695 e. The normalized spacial score (nSPS) is 10.7. The Hall–Kier alpha value is -1.74. The van der Waals surface area contributed by atoms with E-state index in [-0.39, 0.29) is 0 Å². The van der Waals surface area contributed by atoms with Gasteiger partial charge in [0, 0.05) is 5.56 Å². The van der Waals surface area contributed by atoms with Crippen molar-refractivity contribution < 1.29 is 0 Å². The van der Waals surface area contributed by atoms with Crippen LogP contribution in [-0.2, 0) is 0 Å². The van der Waals surface area contributed by atoms with Gasteiger partial charge in [0.2, 0.25) is 0 Å². The largest absolute Gasteiger partial charge is 0.0695 e. The molecule has 1 aliphatic carbocycles. The Kier molecular flexibility index (Phi) is 0.924. The van der Waals surface area contributed by atoms with Gasteiger partial charge in [0.25, 0.3) is 0 Å². The smallest absolute Gasteiger partial charge is 0.0406 e. The quantitative estimate of drug-likeness (QED) is 0.462. The number of hydrogen-bond acceptors (Lipinski definition) is 0. The van der Waals surface area contributed by atoms with Gasteiger partial charge in [-0.05, 0) is 28.8 Å². The van der Waals surface area contributed by atoms with Crippen LogP contribution in [0, 0.1) is 12.1 Å². The lowest BCUT2D eigenvalue weighted by Gasteiger charge is -2.20. The SMILES string of the molecule is c1ccc2c(c#1)-c1ccccc1-2. The Labute approximate surface area is 71.5 Å².